The van der Waals surface area contributed by atoms with Gasteiger partial charge in [-0.25, -0.2) is 0 Å². The Labute approximate surface area is 104 Å². The van der Waals surface area contributed by atoms with Crippen LogP contribution in [0, 0.1) is 0 Å². The fourth-order valence-corrected chi connectivity index (χ4v) is 1.05. The summed E-state index contributed by atoms with van der Waals surface area (Å²) in [5, 5.41) is 0. The summed E-state index contributed by atoms with van der Waals surface area (Å²) in [5.41, 5.74) is 0. The molecule has 0 spiro atoms. The molecule has 102 valence electrons. The number of amides is 1. The van der Waals surface area contributed by atoms with Gasteiger partial charge in [0.1, 0.15) is 0 Å². The van der Waals surface area contributed by atoms with E-state index in [-0.39, 0.29) is 5.91 Å². The van der Waals surface area contributed by atoms with Gasteiger partial charge in [-0.15, -0.1) is 0 Å². The van der Waals surface area contributed by atoms with Crippen molar-refractivity contribution in [2.45, 2.75) is 20.3 Å². The van der Waals surface area contributed by atoms with Crippen LogP contribution in [-0.2, 0) is 19.0 Å². The quantitative estimate of drug-likeness (QED) is 0.510. The van der Waals surface area contributed by atoms with Gasteiger partial charge in [-0.1, -0.05) is 6.92 Å². The van der Waals surface area contributed by atoms with Crippen LogP contribution in [0.4, 0.5) is 0 Å². The van der Waals surface area contributed by atoms with Crippen LogP contribution in [0.5, 0.6) is 0 Å². The molecule has 1 amide bonds. The lowest BCUT2D eigenvalue weighted by Crippen LogP contribution is -2.28. The van der Waals surface area contributed by atoms with Crippen molar-refractivity contribution in [2.75, 3.05) is 53.2 Å². The molecule has 0 aliphatic rings. The fraction of sp³-hybridized carbons (Fsp3) is 0.917. The average molecular weight is 247 g/mol. The molecular formula is C12H25NO4. The number of likely N-dealkylation sites (N-methyl/N-ethyl adjacent to an activating group) is 1. The highest BCUT2D eigenvalue weighted by atomic mass is 16.5. The SMILES string of the molecule is CCCOCCOCCOCCN(C)C(C)=O. The molecule has 0 unspecified atom stereocenters. The van der Waals surface area contributed by atoms with Crippen molar-refractivity contribution in [1.82, 2.24) is 4.90 Å². The maximum absolute atomic E-state index is 10.9. The summed E-state index contributed by atoms with van der Waals surface area (Å²) < 4.78 is 15.9. The van der Waals surface area contributed by atoms with Gasteiger partial charge in [0.05, 0.1) is 33.0 Å². The molecule has 5 heteroatoms. The van der Waals surface area contributed by atoms with Gasteiger partial charge in [0.25, 0.3) is 0 Å². The lowest BCUT2D eigenvalue weighted by Gasteiger charge is -2.14. The van der Waals surface area contributed by atoms with E-state index < -0.39 is 0 Å². The van der Waals surface area contributed by atoms with Crippen LogP contribution in [0.15, 0.2) is 0 Å². The second kappa shape index (κ2) is 11.8. The molecule has 5 nitrogen and oxygen atoms in total. The largest absolute Gasteiger partial charge is 0.379 e. The second-order valence-electron chi connectivity index (χ2n) is 3.78. The normalized spacial score (nSPS) is 10.5. The first-order valence-corrected chi connectivity index (χ1v) is 6.13. The summed E-state index contributed by atoms with van der Waals surface area (Å²) in [6, 6.07) is 0. The third-order valence-electron chi connectivity index (χ3n) is 2.20. The Balaban J connectivity index is 3.06. The lowest BCUT2D eigenvalue weighted by atomic mass is 10.5. The second-order valence-corrected chi connectivity index (χ2v) is 3.78. The standard InChI is InChI=1S/C12H25NO4/c1-4-6-15-8-10-17-11-9-16-7-5-13(3)12(2)14/h4-11H2,1-3H3. The van der Waals surface area contributed by atoms with Crippen LogP contribution in [0.25, 0.3) is 0 Å². The Hall–Kier alpha value is -0.650. The molecule has 0 saturated carbocycles. The maximum atomic E-state index is 10.9. The Morgan fingerprint density at radius 1 is 0.941 bits per heavy atom. The Morgan fingerprint density at radius 3 is 1.88 bits per heavy atom. The minimum atomic E-state index is 0.0536. The first-order valence-electron chi connectivity index (χ1n) is 6.13. The van der Waals surface area contributed by atoms with Gasteiger partial charge in [0.15, 0.2) is 0 Å². The van der Waals surface area contributed by atoms with E-state index in [1.165, 1.54) is 0 Å². The van der Waals surface area contributed by atoms with Crippen molar-refractivity contribution < 1.29 is 19.0 Å². The molecule has 0 saturated heterocycles. The molecule has 17 heavy (non-hydrogen) atoms. The molecule has 0 aliphatic heterocycles. The van der Waals surface area contributed by atoms with Crippen LogP contribution < -0.4 is 0 Å². The smallest absolute Gasteiger partial charge is 0.219 e. The molecule has 0 rings (SSSR count). The third kappa shape index (κ3) is 11.6. The minimum Gasteiger partial charge on any atom is -0.379 e. The highest BCUT2D eigenvalue weighted by Gasteiger charge is 2.00. The number of hydrogen-bond acceptors (Lipinski definition) is 4. The zero-order chi connectivity index (χ0) is 12.9. The molecular weight excluding hydrogens is 222 g/mol. The van der Waals surface area contributed by atoms with E-state index >= 15 is 0 Å². The molecule has 0 aliphatic carbocycles. The first-order chi connectivity index (χ1) is 8.18. The van der Waals surface area contributed by atoms with Crippen molar-refractivity contribution in [3.05, 3.63) is 0 Å². The van der Waals surface area contributed by atoms with Crippen LogP contribution in [0.1, 0.15) is 20.3 Å². The monoisotopic (exact) mass is 247 g/mol. The molecule has 0 aromatic heterocycles. The number of ether oxygens (including phenoxy) is 3. The van der Waals surface area contributed by atoms with Crippen molar-refractivity contribution in [3.8, 4) is 0 Å². The predicted molar refractivity (Wildman–Crippen MR) is 66.1 cm³/mol. The summed E-state index contributed by atoms with van der Waals surface area (Å²) >= 11 is 0. The molecule has 0 fully saturated rings. The third-order valence-corrected chi connectivity index (χ3v) is 2.20. The summed E-state index contributed by atoms with van der Waals surface area (Å²) in [6.07, 6.45) is 1.03. The van der Waals surface area contributed by atoms with Gasteiger partial charge < -0.3 is 19.1 Å². The van der Waals surface area contributed by atoms with E-state index in [1.54, 1.807) is 18.9 Å². The highest BCUT2D eigenvalue weighted by Crippen LogP contribution is 1.86. The van der Waals surface area contributed by atoms with E-state index in [1.807, 2.05) is 0 Å². The van der Waals surface area contributed by atoms with Crippen LogP contribution in [0.2, 0.25) is 0 Å². The van der Waals surface area contributed by atoms with Gasteiger partial charge in [-0.2, -0.15) is 0 Å². The van der Waals surface area contributed by atoms with Gasteiger partial charge in [0, 0.05) is 27.1 Å². The summed E-state index contributed by atoms with van der Waals surface area (Å²) in [7, 11) is 1.76. The lowest BCUT2D eigenvalue weighted by molar-refractivity contribution is -0.128. The van der Waals surface area contributed by atoms with E-state index in [9.17, 15) is 4.79 Å². The number of hydrogen-bond donors (Lipinski definition) is 0. The average Bonchev–Trinajstić information content (AvgIpc) is 2.31. The van der Waals surface area contributed by atoms with Gasteiger partial charge in [-0.3, -0.25) is 4.79 Å². The summed E-state index contributed by atoms with van der Waals surface area (Å²) in [6.45, 7) is 7.94. The molecule has 0 atom stereocenters. The fourth-order valence-electron chi connectivity index (χ4n) is 1.05. The molecule has 0 N–H and O–H groups in total. The molecule has 0 aromatic rings. The van der Waals surface area contributed by atoms with E-state index in [4.69, 9.17) is 14.2 Å². The Morgan fingerprint density at radius 2 is 1.41 bits per heavy atom. The van der Waals surface area contributed by atoms with Crippen molar-refractivity contribution in [2.24, 2.45) is 0 Å². The number of rotatable bonds is 11. The predicted octanol–water partition coefficient (Wildman–Crippen LogP) is 0.925. The van der Waals surface area contributed by atoms with Gasteiger partial charge in [-0.05, 0) is 6.42 Å². The zero-order valence-corrected chi connectivity index (χ0v) is 11.2. The van der Waals surface area contributed by atoms with Crippen molar-refractivity contribution in [3.63, 3.8) is 0 Å². The van der Waals surface area contributed by atoms with E-state index in [0.717, 1.165) is 13.0 Å². The zero-order valence-electron chi connectivity index (χ0n) is 11.2. The van der Waals surface area contributed by atoms with Gasteiger partial charge in [0.2, 0.25) is 5.91 Å². The first kappa shape index (κ1) is 16.4. The van der Waals surface area contributed by atoms with Gasteiger partial charge >= 0.3 is 0 Å². The number of nitrogens with zero attached hydrogens (tertiary/aromatic N) is 1. The molecule has 0 bridgehead atoms. The van der Waals surface area contributed by atoms with Crippen LogP contribution in [-0.4, -0.2) is 64.0 Å². The Kier molecular flexibility index (Phi) is 11.4. The van der Waals surface area contributed by atoms with E-state index in [0.29, 0.717) is 39.6 Å². The number of carbonyl (C=O) groups excluding carboxylic acids is 1. The maximum Gasteiger partial charge on any atom is 0.219 e. The van der Waals surface area contributed by atoms with Crippen LogP contribution in [0.3, 0.4) is 0 Å². The van der Waals surface area contributed by atoms with Crippen molar-refractivity contribution >= 4 is 5.91 Å². The van der Waals surface area contributed by atoms with Crippen LogP contribution >= 0.6 is 0 Å². The molecule has 0 aromatic carbocycles. The molecule has 0 radical (unpaired) electrons. The highest BCUT2D eigenvalue weighted by molar-refractivity contribution is 5.72. The number of carbonyl (C=O) groups is 1. The molecule has 0 heterocycles. The minimum absolute atomic E-state index is 0.0536. The van der Waals surface area contributed by atoms with Crippen molar-refractivity contribution in [1.29, 1.82) is 0 Å². The summed E-state index contributed by atoms with van der Waals surface area (Å²) in [5.74, 6) is 0.0536. The Bertz CT molecular complexity index is 187. The van der Waals surface area contributed by atoms with E-state index in [2.05, 4.69) is 6.92 Å². The summed E-state index contributed by atoms with van der Waals surface area (Å²) in [4.78, 5) is 12.5. The topological polar surface area (TPSA) is 48.0 Å².